The van der Waals surface area contributed by atoms with E-state index in [9.17, 15) is 4.79 Å². The standard InChI is InChI=1S/C24H20ClN3O/c25-20-14-12-19(13-15-20)24(29)26-17-23-27-21-10-4-5-11-22(21)28(23)16-6-9-18-7-2-1-3-8-18/h1-15H,16-17H2,(H,26,29)/b9-6+. The predicted molar refractivity (Wildman–Crippen MR) is 118 cm³/mol. The van der Waals surface area contributed by atoms with E-state index >= 15 is 0 Å². The van der Waals surface area contributed by atoms with Gasteiger partial charge < -0.3 is 9.88 Å². The molecule has 1 amide bonds. The molecule has 4 nitrogen and oxygen atoms in total. The van der Waals surface area contributed by atoms with Gasteiger partial charge in [-0.25, -0.2) is 4.98 Å². The molecule has 4 rings (SSSR count). The number of carbonyl (C=O) groups is 1. The number of benzene rings is 3. The number of amides is 1. The van der Waals surface area contributed by atoms with E-state index in [1.54, 1.807) is 24.3 Å². The van der Waals surface area contributed by atoms with Crippen LogP contribution in [0.25, 0.3) is 17.1 Å². The molecule has 0 saturated heterocycles. The molecule has 0 bridgehead atoms. The van der Waals surface area contributed by atoms with E-state index in [0.29, 0.717) is 23.7 Å². The van der Waals surface area contributed by atoms with Crippen LogP contribution in [0.4, 0.5) is 0 Å². The minimum atomic E-state index is -0.153. The number of imidazole rings is 1. The van der Waals surface area contributed by atoms with Gasteiger partial charge in [0.1, 0.15) is 5.82 Å². The maximum absolute atomic E-state index is 12.4. The minimum absolute atomic E-state index is 0.153. The molecular formula is C24H20ClN3O. The van der Waals surface area contributed by atoms with Crippen LogP contribution in [0, 0.1) is 0 Å². The van der Waals surface area contributed by atoms with E-state index in [2.05, 4.69) is 34.2 Å². The van der Waals surface area contributed by atoms with Gasteiger partial charge in [-0.2, -0.15) is 0 Å². The second-order valence-corrected chi connectivity index (χ2v) is 7.07. The SMILES string of the molecule is O=C(NCc1nc2ccccc2n1C/C=C/c1ccccc1)c1ccc(Cl)cc1. The zero-order valence-corrected chi connectivity index (χ0v) is 16.5. The topological polar surface area (TPSA) is 46.9 Å². The molecule has 0 radical (unpaired) electrons. The second kappa shape index (κ2) is 8.76. The monoisotopic (exact) mass is 401 g/mol. The zero-order valence-electron chi connectivity index (χ0n) is 15.8. The molecular weight excluding hydrogens is 382 g/mol. The van der Waals surface area contributed by atoms with Crippen molar-refractivity contribution in [2.75, 3.05) is 0 Å². The Morgan fingerprint density at radius 3 is 2.48 bits per heavy atom. The molecule has 0 aliphatic rings. The number of nitrogens with one attached hydrogen (secondary N) is 1. The van der Waals surface area contributed by atoms with Crippen molar-refractivity contribution in [2.45, 2.75) is 13.1 Å². The number of hydrogen-bond acceptors (Lipinski definition) is 2. The van der Waals surface area contributed by atoms with Crippen molar-refractivity contribution < 1.29 is 4.79 Å². The molecule has 0 spiro atoms. The van der Waals surface area contributed by atoms with Crippen LogP contribution in [0.15, 0.2) is 84.9 Å². The number of halogens is 1. The maximum Gasteiger partial charge on any atom is 0.251 e. The lowest BCUT2D eigenvalue weighted by Crippen LogP contribution is -2.24. The van der Waals surface area contributed by atoms with Crippen LogP contribution in [-0.2, 0) is 13.1 Å². The summed E-state index contributed by atoms with van der Waals surface area (Å²) in [5.74, 6) is 0.659. The molecule has 0 fully saturated rings. The molecule has 144 valence electrons. The second-order valence-electron chi connectivity index (χ2n) is 6.63. The maximum atomic E-state index is 12.4. The van der Waals surface area contributed by atoms with E-state index in [1.807, 2.05) is 42.5 Å². The first-order valence-electron chi connectivity index (χ1n) is 9.40. The van der Waals surface area contributed by atoms with Crippen LogP contribution in [0.1, 0.15) is 21.7 Å². The van der Waals surface area contributed by atoms with Gasteiger partial charge in [0, 0.05) is 17.1 Å². The van der Waals surface area contributed by atoms with Gasteiger partial charge in [0.2, 0.25) is 0 Å². The number of aromatic nitrogens is 2. The van der Waals surface area contributed by atoms with E-state index in [4.69, 9.17) is 16.6 Å². The Balaban J connectivity index is 1.53. The molecule has 0 saturated carbocycles. The van der Waals surface area contributed by atoms with Crippen LogP contribution in [-0.4, -0.2) is 15.5 Å². The molecule has 1 N–H and O–H groups in total. The molecule has 0 aliphatic carbocycles. The van der Waals surface area contributed by atoms with Gasteiger partial charge in [0.15, 0.2) is 0 Å². The third-order valence-corrected chi connectivity index (χ3v) is 4.90. The van der Waals surface area contributed by atoms with Crippen LogP contribution in [0.2, 0.25) is 5.02 Å². The summed E-state index contributed by atoms with van der Waals surface area (Å²) in [4.78, 5) is 17.2. The third kappa shape index (κ3) is 4.55. The summed E-state index contributed by atoms with van der Waals surface area (Å²) in [7, 11) is 0. The highest BCUT2D eigenvalue weighted by Gasteiger charge is 2.11. The smallest absolute Gasteiger partial charge is 0.251 e. The van der Waals surface area contributed by atoms with Crippen LogP contribution >= 0.6 is 11.6 Å². The number of para-hydroxylation sites is 2. The summed E-state index contributed by atoms with van der Waals surface area (Å²) >= 11 is 5.90. The molecule has 0 unspecified atom stereocenters. The predicted octanol–water partition coefficient (Wildman–Crippen LogP) is 5.33. The number of allylic oxidation sites excluding steroid dienone is 1. The summed E-state index contributed by atoms with van der Waals surface area (Å²) in [6, 6.07) is 25.0. The average Bonchev–Trinajstić information content (AvgIpc) is 3.11. The van der Waals surface area contributed by atoms with Gasteiger partial charge in [-0.15, -0.1) is 0 Å². The largest absolute Gasteiger partial charge is 0.345 e. The summed E-state index contributed by atoms with van der Waals surface area (Å²) in [5, 5.41) is 3.56. The minimum Gasteiger partial charge on any atom is -0.345 e. The van der Waals surface area contributed by atoms with Gasteiger partial charge in [-0.3, -0.25) is 4.79 Å². The van der Waals surface area contributed by atoms with Crippen molar-refractivity contribution in [1.82, 2.24) is 14.9 Å². The third-order valence-electron chi connectivity index (χ3n) is 4.64. The molecule has 0 aliphatic heterocycles. The van der Waals surface area contributed by atoms with Crippen molar-refractivity contribution in [3.8, 4) is 0 Å². The average molecular weight is 402 g/mol. The Kier molecular flexibility index (Phi) is 5.73. The Labute approximate surface area is 174 Å². The molecule has 29 heavy (non-hydrogen) atoms. The number of carbonyl (C=O) groups excluding carboxylic acids is 1. The van der Waals surface area contributed by atoms with E-state index in [-0.39, 0.29) is 5.91 Å². The normalized spacial score (nSPS) is 11.2. The van der Waals surface area contributed by atoms with Gasteiger partial charge >= 0.3 is 0 Å². The number of hydrogen-bond donors (Lipinski definition) is 1. The summed E-state index contributed by atoms with van der Waals surface area (Å²) in [5.41, 5.74) is 3.67. The summed E-state index contributed by atoms with van der Waals surface area (Å²) < 4.78 is 2.12. The van der Waals surface area contributed by atoms with E-state index in [0.717, 1.165) is 22.4 Å². The van der Waals surface area contributed by atoms with Crippen molar-refractivity contribution in [3.63, 3.8) is 0 Å². The lowest BCUT2D eigenvalue weighted by atomic mass is 10.2. The Morgan fingerprint density at radius 1 is 0.966 bits per heavy atom. The molecule has 0 atom stereocenters. The summed E-state index contributed by atoms with van der Waals surface area (Å²) in [6.45, 7) is 1.01. The van der Waals surface area contributed by atoms with Crippen molar-refractivity contribution in [3.05, 3.63) is 107 Å². The number of rotatable bonds is 6. The molecule has 1 aromatic heterocycles. The van der Waals surface area contributed by atoms with Crippen molar-refractivity contribution >= 4 is 34.6 Å². The van der Waals surface area contributed by atoms with Gasteiger partial charge in [0.05, 0.1) is 17.6 Å². The highest BCUT2D eigenvalue weighted by atomic mass is 35.5. The van der Waals surface area contributed by atoms with Gasteiger partial charge in [-0.05, 0) is 42.0 Å². The first-order valence-corrected chi connectivity index (χ1v) is 9.78. The zero-order chi connectivity index (χ0) is 20.1. The first-order chi connectivity index (χ1) is 14.2. The van der Waals surface area contributed by atoms with Crippen LogP contribution < -0.4 is 5.32 Å². The quantitative estimate of drug-likeness (QED) is 0.474. The fourth-order valence-corrected chi connectivity index (χ4v) is 3.31. The van der Waals surface area contributed by atoms with Crippen LogP contribution in [0.3, 0.4) is 0 Å². The van der Waals surface area contributed by atoms with Crippen LogP contribution in [0.5, 0.6) is 0 Å². The highest BCUT2D eigenvalue weighted by molar-refractivity contribution is 6.30. The number of fused-ring (bicyclic) bond motifs is 1. The lowest BCUT2D eigenvalue weighted by Gasteiger charge is -2.08. The van der Waals surface area contributed by atoms with Gasteiger partial charge in [0.25, 0.3) is 5.91 Å². The lowest BCUT2D eigenvalue weighted by molar-refractivity contribution is 0.0949. The first kappa shape index (κ1) is 19.0. The molecule has 3 aromatic carbocycles. The Morgan fingerprint density at radius 2 is 1.69 bits per heavy atom. The van der Waals surface area contributed by atoms with Crippen molar-refractivity contribution in [2.24, 2.45) is 0 Å². The van der Waals surface area contributed by atoms with Crippen molar-refractivity contribution in [1.29, 1.82) is 0 Å². The van der Waals surface area contributed by atoms with E-state index in [1.165, 1.54) is 0 Å². The van der Waals surface area contributed by atoms with Gasteiger partial charge in [-0.1, -0.05) is 66.2 Å². The summed E-state index contributed by atoms with van der Waals surface area (Å²) in [6.07, 6.45) is 4.19. The fourth-order valence-electron chi connectivity index (χ4n) is 3.19. The molecule has 4 aromatic rings. The number of nitrogens with zero attached hydrogens (tertiary/aromatic N) is 2. The Bertz CT molecular complexity index is 1150. The Hall–Kier alpha value is -3.37. The molecule has 5 heteroatoms. The fraction of sp³-hybridized carbons (Fsp3) is 0.0833. The molecule has 1 heterocycles. The highest BCUT2D eigenvalue weighted by Crippen LogP contribution is 2.17. The van der Waals surface area contributed by atoms with E-state index < -0.39 is 0 Å².